The van der Waals surface area contributed by atoms with Crippen LogP contribution in [0.4, 0.5) is 5.69 Å². The van der Waals surface area contributed by atoms with Crippen LogP contribution in [0.2, 0.25) is 0 Å². The van der Waals surface area contributed by atoms with Gasteiger partial charge in [0.05, 0.1) is 18.1 Å². The predicted octanol–water partition coefficient (Wildman–Crippen LogP) is 4.13. The quantitative estimate of drug-likeness (QED) is 0.288. The third kappa shape index (κ3) is 4.78. The Hall–Kier alpha value is -3.68. The summed E-state index contributed by atoms with van der Waals surface area (Å²) >= 11 is 0. The molecule has 0 radical (unpaired) electrons. The number of non-ortho nitro benzene ring substituents is 1. The van der Waals surface area contributed by atoms with Crippen molar-refractivity contribution < 1.29 is 23.9 Å². The fourth-order valence-corrected chi connectivity index (χ4v) is 2.63. The minimum absolute atomic E-state index is 0.0525. The molecule has 3 rings (SSSR count). The first-order chi connectivity index (χ1) is 14.0. The second-order valence-corrected chi connectivity index (χ2v) is 6.13. The molecule has 0 unspecified atom stereocenters. The maximum absolute atomic E-state index is 12.2. The molecule has 8 heteroatoms. The Labute approximate surface area is 167 Å². The standard InChI is InChI=1S/C21H20N2O6/c1-3-11-28-18-10-5-14(13-19(18)27-4-2)12-17-21(24)29-20(22-17)15-6-8-16(9-7-15)23(25)26/h5-10,12-13H,3-4,11H2,1-2H3. The summed E-state index contributed by atoms with van der Waals surface area (Å²) in [6, 6.07) is 11.0. The van der Waals surface area contributed by atoms with Crippen LogP contribution in [0.5, 0.6) is 11.5 Å². The molecular formula is C21H20N2O6. The summed E-state index contributed by atoms with van der Waals surface area (Å²) in [7, 11) is 0. The number of hydrogen-bond acceptors (Lipinski definition) is 7. The maximum Gasteiger partial charge on any atom is 0.363 e. The largest absolute Gasteiger partial charge is 0.490 e. The number of rotatable bonds is 8. The van der Waals surface area contributed by atoms with Gasteiger partial charge in [0.1, 0.15) is 0 Å². The number of cyclic esters (lactones) is 1. The Balaban J connectivity index is 1.86. The minimum atomic E-state index is -0.595. The molecular weight excluding hydrogens is 376 g/mol. The summed E-state index contributed by atoms with van der Waals surface area (Å²) in [6.07, 6.45) is 2.47. The van der Waals surface area contributed by atoms with Gasteiger partial charge in [-0.15, -0.1) is 0 Å². The predicted molar refractivity (Wildman–Crippen MR) is 107 cm³/mol. The number of carbonyl (C=O) groups excluding carboxylic acids is 1. The Morgan fingerprint density at radius 1 is 1.10 bits per heavy atom. The lowest BCUT2D eigenvalue weighted by atomic mass is 10.1. The van der Waals surface area contributed by atoms with Crippen molar-refractivity contribution >= 4 is 23.6 Å². The molecule has 0 amide bonds. The molecule has 0 N–H and O–H groups in total. The second kappa shape index (κ2) is 9.01. The molecule has 0 bridgehead atoms. The molecule has 1 aliphatic rings. The fourth-order valence-electron chi connectivity index (χ4n) is 2.63. The van der Waals surface area contributed by atoms with E-state index in [1.54, 1.807) is 24.3 Å². The van der Waals surface area contributed by atoms with E-state index in [1.807, 2.05) is 13.8 Å². The summed E-state index contributed by atoms with van der Waals surface area (Å²) in [6.45, 7) is 4.96. The zero-order valence-corrected chi connectivity index (χ0v) is 16.1. The number of nitro groups is 1. The van der Waals surface area contributed by atoms with E-state index in [0.717, 1.165) is 6.42 Å². The third-order valence-electron chi connectivity index (χ3n) is 3.98. The van der Waals surface area contributed by atoms with Crippen molar-refractivity contribution in [1.82, 2.24) is 0 Å². The number of esters is 1. The first-order valence-corrected chi connectivity index (χ1v) is 9.18. The molecule has 8 nitrogen and oxygen atoms in total. The van der Waals surface area contributed by atoms with Crippen LogP contribution < -0.4 is 9.47 Å². The van der Waals surface area contributed by atoms with Gasteiger partial charge in [0.25, 0.3) is 5.69 Å². The van der Waals surface area contributed by atoms with E-state index in [2.05, 4.69) is 4.99 Å². The summed E-state index contributed by atoms with van der Waals surface area (Å²) in [5, 5.41) is 10.8. The molecule has 2 aromatic carbocycles. The lowest BCUT2D eigenvalue weighted by Crippen LogP contribution is -2.05. The lowest BCUT2D eigenvalue weighted by Gasteiger charge is -2.12. The summed E-state index contributed by atoms with van der Waals surface area (Å²) in [5.41, 5.74) is 1.26. The van der Waals surface area contributed by atoms with Gasteiger partial charge in [0, 0.05) is 17.7 Å². The molecule has 1 heterocycles. The molecule has 0 saturated carbocycles. The minimum Gasteiger partial charge on any atom is -0.490 e. The van der Waals surface area contributed by atoms with Crippen molar-refractivity contribution in [3.05, 3.63) is 69.4 Å². The van der Waals surface area contributed by atoms with Gasteiger partial charge in [-0.1, -0.05) is 13.0 Å². The number of aliphatic imine (C=N–C) groups is 1. The molecule has 1 aliphatic heterocycles. The summed E-state index contributed by atoms with van der Waals surface area (Å²) in [4.78, 5) is 26.7. The first-order valence-electron chi connectivity index (χ1n) is 9.18. The van der Waals surface area contributed by atoms with Crippen molar-refractivity contribution in [2.75, 3.05) is 13.2 Å². The van der Waals surface area contributed by atoms with E-state index in [4.69, 9.17) is 14.2 Å². The van der Waals surface area contributed by atoms with Crippen LogP contribution >= 0.6 is 0 Å². The van der Waals surface area contributed by atoms with Crippen molar-refractivity contribution in [3.8, 4) is 11.5 Å². The smallest absolute Gasteiger partial charge is 0.363 e. The Bertz CT molecular complexity index is 979. The highest BCUT2D eigenvalue weighted by Crippen LogP contribution is 2.30. The zero-order valence-electron chi connectivity index (χ0n) is 16.1. The number of carbonyl (C=O) groups is 1. The number of nitrogens with zero attached hydrogens (tertiary/aromatic N) is 2. The van der Waals surface area contributed by atoms with Crippen LogP contribution in [0.1, 0.15) is 31.4 Å². The number of benzene rings is 2. The summed E-state index contributed by atoms with van der Waals surface area (Å²) < 4.78 is 16.5. The van der Waals surface area contributed by atoms with Gasteiger partial charge in [-0.3, -0.25) is 10.1 Å². The van der Waals surface area contributed by atoms with Gasteiger partial charge < -0.3 is 14.2 Å². The third-order valence-corrected chi connectivity index (χ3v) is 3.98. The maximum atomic E-state index is 12.2. The molecule has 29 heavy (non-hydrogen) atoms. The van der Waals surface area contributed by atoms with Crippen LogP contribution in [-0.2, 0) is 9.53 Å². The van der Waals surface area contributed by atoms with E-state index in [9.17, 15) is 14.9 Å². The van der Waals surface area contributed by atoms with Crippen molar-refractivity contribution in [2.45, 2.75) is 20.3 Å². The van der Waals surface area contributed by atoms with Crippen molar-refractivity contribution in [3.63, 3.8) is 0 Å². The molecule has 0 aliphatic carbocycles. The number of hydrogen-bond donors (Lipinski definition) is 0. The van der Waals surface area contributed by atoms with Gasteiger partial charge in [0.2, 0.25) is 5.90 Å². The van der Waals surface area contributed by atoms with Gasteiger partial charge in [0.15, 0.2) is 17.2 Å². The van der Waals surface area contributed by atoms with Gasteiger partial charge >= 0.3 is 5.97 Å². The molecule has 2 aromatic rings. The lowest BCUT2D eigenvalue weighted by molar-refractivity contribution is -0.384. The van der Waals surface area contributed by atoms with Crippen LogP contribution in [0.25, 0.3) is 6.08 Å². The topological polar surface area (TPSA) is 100 Å². The molecule has 150 valence electrons. The van der Waals surface area contributed by atoms with E-state index >= 15 is 0 Å². The molecule has 0 saturated heterocycles. The molecule has 0 atom stereocenters. The van der Waals surface area contributed by atoms with Crippen molar-refractivity contribution in [2.24, 2.45) is 4.99 Å². The van der Waals surface area contributed by atoms with Crippen molar-refractivity contribution in [1.29, 1.82) is 0 Å². The Kier molecular flexibility index (Phi) is 6.23. The molecule has 0 aromatic heterocycles. The number of nitro benzene ring substituents is 1. The van der Waals surface area contributed by atoms with E-state index < -0.39 is 10.9 Å². The molecule has 0 fully saturated rings. The Morgan fingerprint density at radius 3 is 2.52 bits per heavy atom. The SMILES string of the molecule is CCCOc1ccc(C=C2N=C(c3ccc([N+](=O)[O-])cc3)OC2=O)cc1OCC. The Morgan fingerprint density at radius 2 is 1.86 bits per heavy atom. The second-order valence-electron chi connectivity index (χ2n) is 6.13. The fraction of sp³-hybridized carbons (Fsp3) is 0.238. The highest BCUT2D eigenvalue weighted by atomic mass is 16.6. The van der Waals surface area contributed by atoms with Crippen LogP contribution in [0, 0.1) is 10.1 Å². The van der Waals surface area contributed by atoms with E-state index in [-0.39, 0.29) is 17.3 Å². The zero-order chi connectivity index (χ0) is 20.8. The van der Waals surface area contributed by atoms with Crippen LogP contribution in [0.15, 0.2) is 53.2 Å². The van der Waals surface area contributed by atoms with E-state index in [0.29, 0.717) is 35.8 Å². The van der Waals surface area contributed by atoms with Crippen LogP contribution in [0.3, 0.4) is 0 Å². The average molecular weight is 396 g/mol. The first kappa shape index (κ1) is 20.1. The van der Waals surface area contributed by atoms with Gasteiger partial charge in [-0.25, -0.2) is 9.79 Å². The van der Waals surface area contributed by atoms with Gasteiger partial charge in [-0.05, 0) is 49.2 Å². The normalized spacial score (nSPS) is 14.5. The van der Waals surface area contributed by atoms with Gasteiger partial charge in [-0.2, -0.15) is 0 Å². The molecule has 0 spiro atoms. The highest BCUT2D eigenvalue weighted by Gasteiger charge is 2.24. The average Bonchev–Trinajstić information content (AvgIpc) is 3.08. The number of ether oxygens (including phenoxy) is 3. The van der Waals surface area contributed by atoms with Crippen LogP contribution in [-0.4, -0.2) is 30.0 Å². The monoisotopic (exact) mass is 396 g/mol. The summed E-state index contributed by atoms with van der Waals surface area (Å²) in [5.74, 6) is 0.729. The van der Waals surface area contributed by atoms with E-state index in [1.165, 1.54) is 24.3 Å². The highest BCUT2D eigenvalue weighted by molar-refractivity contribution is 6.12.